The van der Waals surface area contributed by atoms with Crippen LogP contribution in [0.4, 0.5) is 0 Å². The largest absolute Gasteiger partial charge is 0.485 e. The molecule has 0 aliphatic carbocycles. The molecule has 0 aromatic heterocycles. The quantitative estimate of drug-likeness (QED) is 0.613. The molecule has 1 atom stereocenters. The van der Waals surface area contributed by atoms with E-state index in [1.165, 1.54) is 0 Å². The first-order valence-corrected chi connectivity index (χ1v) is 5.96. The summed E-state index contributed by atoms with van der Waals surface area (Å²) in [6.45, 7) is 0. The molecule has 3 heteroatoms. The van der Waals surface area contributed by atoms with Crippen LogP contribution >= 0.6 is 0 Å². The maximum Gasteiger partial charge on any atom is 0.129 e. The SMILES string of the molecule is N/N=C1/C[C@@H](c2ccccc2)Oc2ccccc21. The molecular formula is C15H14N2O. The molecule has 0 radical (unpaired) electrons. The average molecular weight is 238 g/mol. The Labute approximate surface area is 106 Å². The van der Waals surface area contributed by atoms with E-state index >= 15 is 0 Å². The summed E-state index contributed by atoms with van der Waals surface area (Å²) in [4.78, 5) is 0. The molecule has 1 aliphatic rings. The van der Waals surface area contributed by atoms with E-state index in [2.05, 4.69) is 17.2 Å². The van der Waals surface area contributed by atoms with Crippen molar-refractivity contribution in [3.63, 3.8) is 0 Å². The lowest BCUT2D eigenvalue weighted by molar-refractivity contribution is 0.206. The molecule has 0 saturated heterocycles. The molecule has 2 aromatic carbocycles. The molecular weight excluding hydrogens is 224 g/mol. The number of hydrogen-bond acceptors (Lipinski definition) is 3. The van der Waals surface area contributed by atoms with Crippen molar-refractivity contribution < 1.29 is 4.74 Å². The van der Waals surface area contributed by atoms with Gasteiger partial charge in [-0.05, 0) is 17.7 Å². The minimum Gasteiger partial charge on any atom is -0.485 e. The molecule has 0 bridgehead atoms. The minimum absolute atomic E-state index is 0.0107. The fourth-order valence-corrected chi connectivity index (χ4v) is 2.26. The van der Waals surface area contributed by atoms with Gasteiger partial charge in [-0.15, -0.1) is 0 Å². The highest BCUT2D eigenvalue weighted by molar-refractivity contribution is 6.03. The molecule has 2 N–H and O–H groups in total. The zero-order valence-electron chi connectivity index (χ0n) is 9.91. The summed E-state index contributed by atoms with van der Waals surface area (Å²) in [6, 6.07) is 18.0. The standard InChI is InChI=1S/C15H14N2O/c16-17-13-10-15(11-6-2-1-3-7-11)18-14-9-5-4-8-12(13)14/h1-9,15H,10,16H2/b17-13-/t15-/m0/s1. The number of ether oxygens (including phenoxy) is 1. The summed E-state index contributed by atoms with van der Waals surface area (Å²) >= 11 is 0. The van der Waals surface area contributed by atoms with Crippen LogP contribution in [0.3, 0.4) is 0 Å². The third kappa shape index (κ3) is 1.84. The molecule has 0 saturated carbocycles. The van der Waals surface area contributed by atoms with Crippen LogP contribution in [0, 0.1) is 0 Å². The predicted octanol–water partition coefficient (Wildman–Crippen LogP) is 2.87. The van der Waals surface area contributed by atoms with Gasteiger partial charge >= 0.3 is 0 Å². The molecule has 18 heavy (non-hydrogen) atoms. The van der Waals surface area contributed by atoms with Crippen LogP contribution in [0.1, 0.15) is 23.7 Å². The van der Waals surface area contributed by atoms with Crippen molar-refractivity contribution in [2.45, 2.75) is 12.5 Å². The number of hydrazone groups is 1. The minimum atomic E-state index is -0.0107. The van der Waals surface area contributed by atoms with Gasteiger partial charge < -0.3 is 10.6 Å². The first kappa shape index (κ1) is 10.8. The Balaban J connectivity index is 2.00. The second-order valence-electron chi connectivity index (χ2n) is 4.29. The molecule has 0 amide bonds. The molecule has 1 aliphatic heterocycles. The summed E-state index contributed by atoms with van der Waals surface area (Å²) in [5, 5.41) is 3.90. The van der Waals surface area contributed by atoms with Crippen molar-refractivity contribution in [2.24, 2.45) is 10.9 Å². The first-order valence-electron chi connectivity index (χ1n) is 5.96. The van der Waals surface area contributed by atoms with Crippen LogP contribution < -0.4 is 10.6 Å². The summed E-state index contributed by atoms with van der Waals surface area (Å²) in [6.07, 6.45) is 0.695. The maximum absolute atomic E-state index is 6.01. The normalized spacial score (nSPS) is 20.2. The summed E-state index contributed by atoms with van der Waals surface area (Å²) in [7, 11) is 0. The number of nitrogens with zero attached hydrogens (tertiary/aromatic N) is 1. The van der Waals surface area contributed by atoms with Gasteiger partial charge in [0.2, 0.25) is 0 Å². The second-order valence-corrected chi connectivity index (χ2v) is 4.29. The highest BCUT2D eigenvalue weighted by atomic mass is 16.5. The van der Waals surface area contributed by atoms with E-state index in [-0.39, 0.29) is 6.10 Å². The van der Waals surface area contributed by atoms with E-state index in [1.54, 1.807) is 0 Å². The van der Waals surface area contributed by atoms with Crippen molar-refractivity contribution in [3.8, 4) is 5.75 Å². The molecule has 90 valence electrons. The van der Waals surface area contributed by atoms with Gasteiger partial charge in [0.05, 0.1) is 5.71 Å². The topological polar surface area (TPSA) is 47.6 Å². The lowest BCUT2D eigenvalue weighted by atomic mass is 9.96. The second kappa shape index (κ2) is 4.53. The van der Waals surface area contributed by atoms with Gasteiger partial charge in [-0.3, -0.25) is 0 Å². The van der Waals surface area contributed by atoms with E-state index in [1.807, 2.05) is 42.5 Å². The molecule has 2 aromatic rings. The molecule has 1 heterocycles. The van der Waals surface area contributed by atoms with Gasteiger partial charge in [0.25, 0.3) is 0 Å². The number of fused-ring (bicyclic) bond motifs is 1. The zero-order chi connectivity index (χ0) is 12.4. The number of hydrogen-bond donors (Lipinski definition) is 1. The van der Waals surface area contributed by atoms with Gasteiger partial charge in [0, 0.05) is 12.0 Å². The highest BCUT2D eigenvalue weighted by Gasteiger charge is 2.25. The summed E-state index contributed by atoms with van der Waals surface area (Å²) in [5.41, 5.74) is 3.03. The average Bonchev–Trinajstić information content (AvgIpc) is 2.47. The lowest BCUT2D eigenvalue weighted by Gasteiger charge is -2.27. The Morgan fingerprint density at radius 2 is 1.72 bits per heavy atom. The number of rotatable bonds is 1. The monoisotopic (exact) mass is 238 g/mol. The Bertz CT molecular complexity index is 578. The van der Waals surface area contributed by atoms with Crippen molar-refractivity contribution in [2.75, 3.05) is 0 Å². The van der Waals surface area contributed by atoms with Crippen LogP contribution in [0.15, 0.2) is 59.7 Å². The van der Waals surface area contributed by atoms with Crippen molar-refractivity contribution >= 4 is 5.71 Å². The Morgan fingerprint density at radius 3 is 2.50 bits per heavy atom. The Hall–Kier alpha value is -2.29. The van der Waals surface area contributed by atoms with Crippen molar-refractivity contribution in [1.82, 2.24) is 0 Å². The third-order valence-electron chi connectivity index (χ3n) is 3.17. The van der Waals surface area contributed by atoms with Crippen LogP contribution in [0.5, 0.6) is 5.75 Å². The van der Waals surface area contributed by atoms with E-state index in [9.17, 15) is 0 Å². The molecule has 0 unspecified atom stereocenters. The van der Waals surface area contributed by atoms with Crippen LogP contribution in [-0.4, -0.2) is 5.71 Å². The van der Waals surface area contributed by atoms with Gasteiger partial charge in [-0.2, -0.15) is 5.10 Å². The Kier molecular flexibility index (Phi) is 2.73. The van der Waals surface area contributed by atoms with Gasteiger partial charge in [-0.25, -0.2) is 0 Å². The van der Waals surface area contributed by atoms with E-state index in [0.29, 0.717) is 6.42 Å². The summed E-state index contributed by atoms with van der Waals surface area (Å²) < 4.78 is 6.01. The smallest absolute Gasteiger partial charge is 0.129 e. The van der Waals surface area contributed by atoms with E-state index < -0.39 is 0 Å². The molecule has 3 rings (SSSR count). The van der Waals surface area contributed by atoms with Gasteiger partial charge in [-0.1, -0.05) is 42.5 Å². The molecule has 0 fully saturated rings. The maximum atomic E-state index is 6.01. The fourth-order valence-electron chi connectivity index (χ4n) is 2.26. The summed E-state index contributed by atoms with van der Waals surface area (Å²) in [5.74, 6) is 6.34. The zero-order valence-corrected chi connectivity index (χ0v) is 9.91. The van der Waals surface area contributed by atoms with Crippen molar-refractivity contribution in [1.29, 1.82) is 0 Å². The highest BCUT2D eigenvalue weighted by Crippen LogP contribution is 2.34. The van der Waals surface area contributed by atoms with Crippen molar-refractivity contribution in [3.05, 3.63) is 65.7 Å². The Morgan fingerprint density at radius 1 is 1.00 bits per heavy atom. The lowest BCUT2D eigenvalue weighted by Crippen LogP contribution is -2.21. The predicted molar refractivity (Wildman–Crippen MR) is 71.6 cm³/mol. The van der Waals surface area contributed by atoms with Gasteiger partial charge in [0.15, 0.2) is 0 Å². The van der Waals surface area contributed by atoms with Crippen LogP contribution in [-0.2, 0) is 0 Å². The van der Waals surface area contributed by atoms with Gasteiger partial charge in [0.1, 0.15) is 11.9 Å². The van der Waals surface area contributed by atoms with Crippen LogP contribution in [0.25, 0.3) is 0 Å². The first-order chi connectivity index (χ1) is 8.88. The number of nitrogens with two attached hydrogens (primary N) is 1. The number of benzene rings is 2. The third-order valence-corrected chi connectivity index (χ3v) is 3.17. The fraction of sp³-hybridized carbons (Fsp3) is 0.133. The van der Waals surface area contributed by atoms with E-state index in [0.717, 1.165) is 22.6 Å². The molecule has 0 spiro atoms. The molecule has 3 nitrogen and oxygen atoms in total. The van der Waals surface area contributed by atoms with Crippen LogP contribution in [0.2, 0.25) is 0 Å². The number of para-hydroxylation sites is 1. The van der Waals surface area contributed by atoms with E-state index in [4.69, 9.17) is 10.6 Å².